The van der Waals surface area contributed by atoms with E-state index in [1.807, 2.05) is 85.8 Å². The van der Waals surface area contributed by atoms with E-state index in [0.29, 0.717) is 40.2 Å². The summed E-state index contributed by atoms with van der Waals surface area (Å²) in [6.45, 7) is 2.20. The predicted molar refractivity (Wildman–Crippen MR) is 145 cm³/mol. The van der Waals surface area contributed by atoms with Crippen molar-refractivity contribution in [2.75, 3.05) is 12.4 Å². The molecule has 1 amide bonds. The molecule has 5 rings (SSSR count). The summed E-state index contributed by atoms with van der Waals surface area (Å²) in [6.07, 6.45) is 3.16. The van der Waals surface area contributed by atoms with E-state index in [4.69, 9.17) is 9.47 Å². The van der Waals surface area contributed by atoms with Crippen LogP contribution in [0, 0.1) is 18.3 Å². The Balaban J connectivity index is 1.39. The lowest BCUT2D eigenvalue weighted by Gasteiger charge is -2.12. The molecule has 0 aliphatic rings. The molecule has 38 heavy (non-hydrogen) atoms. The summed E-state index contributed by atoms with van der Waals surface area (Å²) in [4.78, 5) is 13.1. The lowest BCUT2D eigenvalue weighted by Crippen LogP contribution is -2.23. The number of anilines is 2. The first-order valence-electron chi connectivity index (χ1n) is 12.0. The number of nitrogens with zero attached hydrogens (tertiary/aromatic N) is 3. The Labute approximate surface area is 220 Å². The number of carbonyl (C=O) groups is 1. The fourth-order valence-electron chi connectivity index (χ4n) is 4.16. The molecule has 0 radical (unpaired) electrons. The molecule has 0 atom stereocenters. The number of fused-ring (bicyclic) bond motifs is 1. The van der Waals surface area contributed by atoms with Crippen LogP contribution in [-0.2, 0) is 6.54 Å². The molecule has 2 aromatic heterocycles. The van der Waals surface area contributed by atoms with E-state index in [9.17, 15) is 10.1 Å². The van der Waals surface area contributed by atoms with Crippen molar-refractivity contribution in [3.8, 4) is 23.3 Å². The SMILES string of the molecule is COc1cccc(CNC(=O)c2cn3ncc(C#N)c(Nc4ccc(Oc5ccccc5)cc4)c3c2C)c1. The zero-order chi connectivity index (χ0) is 26.5. The van der Waals surface area contributed by atoms with Gasteiger partial charge in [-0.25, -0.2) is 4.52 Å². The van der Waals surface area contributed by atoms with Crippen LogP contribution in [0.25, 0.3) is 5.52 Å². The number of methoxy groups -OCH3 is 1. The van der Waals surface area contributed by atoms with E-state index in [2.05, 4.69) is 21.8 Å². The molecular formula is C30H25N5O3. The first-order valence-corrected chi connectivity index (χ1v) is 12.0. The molecule has 0 aliphatic heterocycles. The van der Waals surface area contributed by atoms with Gasteiger partial charge in [-0.3, -0.25) is 4.79 Å². The number of amides is 1. The van der Waals surface area contributed by atoms with E-state index < -0.39 is 0 Å². The monoisotopic (exact) mass is 503 g/mol. The minimum atomic E-state index is -0.234. The van der Waals surface area contributed by atoms with Crippen molar-refractivity contribution in [3.63, 3.8) is 0 Å². The van der Waals surface area contributed by atoms with Gasteiger partial charge in [-0.05, 0) is 66.6 Å². The number of carbonyl (C=O) groups excluding carboxylic acids is 1. The van der Waals surface area contributed by atoms with Crippen LogP contribution >= 0.6 is 0 Å². The highest BCUT2D eigenvalue weighted by Gasteiger charge is 2.20. The third-order valence-electron chi connectivity index (χ3n) is 6.11. The molecule has 8 nitrogen and oxygen atoms in total. The molecule has 0 saturated heterocycles. The minimum Gasteiger partial charge on any atom is -0.497 e. The van der Waals surface area contributed by atoms with Crippen molar-refractivity contribution in [2.45, 2.75) is 13.5 Å². The van der Waals surface area contributed by atoms with Gasteiger partial charge < -0.3 is 20.1 Å². The summed E-state index contributed by atoms with van der Waals surface area (Å²) in [7, 11) is 1.61. The predicted octanol–water partition coefficient (Wildman–Crippen LogP) is 5.99. The fraction of sp³-hybridized carbons (Fsp3) is 0.100. The van der Waals surface area contributed by atoms with Crippen LogP contribution in [0.1, 0.15) is 27.0 Å². The summed E-state index contributed by atoms with van der Waals surface area (Å²) in [5.41, 5.74) is 4.47. The number of nitriles is 1. The summed E-state index contributed by atoms with van der Waals surface area (Å²) in [5.74, 6) is 1.93. The molecule has 3 aromatic carbocycles. The van der Waals surface area contributed by atoms with E-state index in [0.717, 1.165) is 22.7 Å². The average Bonchev–Trinajstić information content (AvgIpc) is 3.30. The van der Waals surface area contributed by atoms with Gasteiger partial charge >= 0.3 is 0 Å². The van der Waals surface area contributed by atoms with Crippen LogP contribution in [-0.4, -0.2) is 22.6 Å². The molecule has 5 aromatic rings. The van der Waals surface area contributed by atoms with Crippen LogP contribution in [0.5, 0.6) is 17.2 Å². The molecule has 0 spiro atoms. The first kappa shape index (κ1) is 24.4. The minimum absolute atomic E-state index is 0.234. The second-order valence-electron chi connectivity index (χ2n) is 8.60. The van der Waals surface area contributed by atoms with E-state index in [1.165, 1.54) is 6.20 Å². The molecule has 8 heteroatoms. The molecule has 2 heterocycles. The van der Waals surface area contributed by atoms with Gasteiger partial charge in [-0.2, -0.15) is 10.4 Å². The third-order valence-corrected chi connectivity index (χ3v) is 6.11. The van der Waals surface area contributed by atoms with Gasteiger partial charge in [0.05, 0.1) is 35.6 Å². The van der Waals surface area contributed by atoms with Gasteiger partial charge in [-0.15, -0.1) is 0 Å². The fourth-order valence-corrected chi connectivity index (χ4v) is 4.16. The number of rotatable bonds is 8. The molecular weight excluding hydrogens is 478 g/mol. The molecule has 0 fully saturated rings. The Kier molecular flexibility index (Phi) is 6.91. The number of benzene rings is 3. The van der Waals surface area contributed by atoms with Crippen LogP contribution in [0.15, 0.2) is 91.3 Å². The average molecular weight is 504 g/mol. The van der Waals surface area contributed by atoms with Gasteiger partial charge in [0.15, 0.2) is 0 Å². The van der Waals surface area contributed by atoms with Crippen molar-refractivity contribution in [2.24, 2.45) is 0 Å². The molecule has 0 bridgehead atoms. The van der Waals surface area contributed by atoms with Crippen LogP contribution < -0.4 is 20.1 Å². The highest BCUT2D eigenvalue weighted by molar-refractivity contribution is 6.00. The molecule has 188 valence electrons. The number of hydrogen-bond donors (Lipinski definition) is 2. The van der Waals surface area contributed by atoms with Gasteiger partial charge in [0, 0.05) is 18.4 Å². The smallest absolute Gasteiger partial charge is 0.253 e. The number of hydrogen-bond acceptors (Lipinski definition) is 6. The lowest BCUT2D eigenvalue weighted by molar-refractivity contribution is 0.0950. The maximum atomic E-state index is 13.1. The Hall–Kier alpha value is -5.29. The topological polar surface area (TPSA) is 101 Å². The first-order chi connectivity index (χ1) is 18.6. The Morgan fingerprint density at radius 1 is 1.00 bits per heavy atom. The highest BCUT2D eigenvalue weighted by atomic mass is 16.5. The van der Waals surface area contributed by atoms with E-state index >= 15 is 0 Å². The van der Waals surface area contributed by atoms with Crippen molar-refractivity contribution in [3.05, 3.63) is 114 Å². The van der Waals surface area contributed by atoms with Crippen molar-refractivity contribution < 1.29 is 14.3 Å². The normalized spacial score (nSPS) is 10.6. The molecule has 2 N–H and O–H groups in total. The number of aromatic nitrogens is 2. The van der Waals surface area contributed by atoms with Crippen molar-refractivity contribution >= 4 is 22.8 Å². The molecule has 0 saturated carbocycles. The van der Waals surface area contributed by atoms with Gasteiger partial charge in [0.1, 0.15) is 23.3 Å². The summed E-state index contributed by atoms with van der Waals surface area (Å²) in [6, 6.07) is 26.7. The van der Waals surface area contributed by atoms with Crippen LogP contribution in [0.2, 0.25) is 0 Å². The number of para-hydroxylation sites is 1. The zero-order valence-electron chi connectivity index (χ0n) is 20.9. The zero-order valence-corrected chi connectivity index (χ0v) is 20.9. The van der Waals surface area contributed by atoms with Crippen molar-refractivity contribution in [1.82, 2.24) is 14.9 Å². The lowest BCUT2D eigenvalue weighted by atomic mass is 10.1. The Morgan fingerprint density at radius 2 is 1.74 bits per heavy atom. The number of ether oxygens (including phenoxy) is 2. The second-order valence-corrected chi connectivity index (χ2v) is 8.60. The molecule has 0 aliphatic carbocycles. The number of nitrogens with one attached hydrogen (secondary N) is 2. The highest BCUT2D eigenvalue weighted by Crippen LogP contribution is 2.31. The standard InChI is InChI=1S/C30H25N5O3/c1-20-27(30(36)32-17-21-7-6-10-26(15-21)37-2)19-35-29(20)28(22(16-31)18-33-35)34-23-11-13-25(14-12-23)38-24-8-4-3-5-9-24/h3-15,18-19,34H,17H2,1-2H3,(H,32,36). The summed E-state index contributed by atoms with van der Waals surface area (Å²) in [5, 5.41) is 20.4. The second kappa shape index (κ2) is 10.8. The van der Waals surface area contributed by atoms with Crippen molar-refractivity contribution in [1.29, 1.82) is 5.26 Å². The van der Waals surface area contributed by atoms with Crippen LogP contribution in [0.3, 0.4) is 0 Å². The number of aryl methyl sites for hydroxylation is 1. The summed E-state index contributed by atoms with van der Waals surface area (Å²) < 4.78 is 12.7. The molecule has 0 unspecified atom stereocenters. The van der Waals surface area contributed by atoms with E-state index in [-0.39, 0.29) is 5.91 Å². The maximum absolute atomic E-state index is 13.1. The Bertz CT molecular complexity index is 1640. The van der Waals surface area contributed by atoms with Crippen LogP contribution in [0.4, 0.5) is 11.4 Å². The van der Waals surface area contributed by atoms with Gasteiger partial charge in [-0.1, -0.05) is 30.3 Å². The van der Waals surface area contributed by atoms with Gasteiger partial charge in [0.2, 0.25) is 0 Å². The Morgan fingerprint density at radius 3 is 2.47 bits per heavy atom. The maximum Gasteiger partial charge on any atom is 0.253 e. The quantitative estimate of drug-likeness (QED) is 0.270. The van der Waals surface area contributed by atoms with Gasteiger partial charge in [0.25, 0.3) is 5.91 Å². The third kappa shape index (κ3) is 5.13. The largest absolute Gasteiger partial charge is 0.497 e. The summed E-state index contributed by atoms with van der Waals surface area (Å²) >= 11 is 0. The van der Waals surface area contributed by atoms with E-state index in [1.54, 1.807) is 17.8 Å².